The monoisotopic (exact) mass is 264 g/mol. The van der Waals surface area contributed by atoms with Crippen LogP contribution in [0.5, 0.6) is 0 Å². The molecule has 5 heteroatoms. The molecule has 1 aromatic rings. The number of nitrogens with one attached hydrogen (secondary N) is 1. The summed E-state index contributed by atoms with van der Waals surface area (Å²) in [4.78, 5) is 7.16. The van der Waals surface area contributed by atoms with Crippen molar-refractivity contribution in [3.8, 4) is 0 Å². The molecule has 0 radical (unpaired) electrons. The molecule has 1 N–H and O–H groups in total. The number of likely N-dealkylation sites (tertiary alicyclic amines) is 1. The van der Waals surface area contributed by atoms with Gasteiger partial charge in [-0.05, 0) is 46.2 Å². The molecule has 1 aromatic heterocycles. The molecule has 2 atom stereocenters. The second kappa shape index (κ2) is 5.59. The van der Waals surface area contributed by atoms with E-state index in [1.807, 2.05) is 0 Å². The lowest BCUT2D eigenvalue weighted by Gasteiger charge is -2.27. The first-order chi connectivity index (χ1) is 9.24. The molecule has 0 aliphatic carbocycles. The summed E-state index contributed by atoms with van der Waals surface area (Å²) in [6.45, 7) is 7.79. The van der Waals surface area contributed by atoms with Crippen LogP contribution in [0.15, 0.2) is 4.52 Å². The highest BCUT2D eigenvalue weighted by atomic mass is 16.5. The maximum Gasteiger partial charge on any atom is 0.228 e. The third kappa shape index (κ3) is 2.82. The van der Waals surface area contributed by atoms with Gasteiger partial charge in [-0.15, -0.1) is 0 Å². The van der Waals surface area contributed by atoms with Crippen LogP contribution in [0.25, 0.3) is 0 Å². The minimum atomic E-state index is 0.447. The number of aromatic nitrogens is 2. The summed E-state index contributed by atoms with van der Waals surface area (Å²) in [6, 6.07) is 1.18. The zero-order chi connectivity index (χ0) is 13.2. The van der Waals surface area contributed by atoms with Crippen molar-refractivity contribution >= 4 is 0 Å². The second-order valence-corrected chi connectivity index (χ2v) is 6.07. The van der Waals surface area contributed by atoms with Gasteiger partial charge in [0, 0.05) is 31.0 Å². The fourth-order valence-corrected chi connectivity index (χ4v) is 3.35. The van der Waals surface area contributed by atoms with E-state index in [4.69, 9.17) is 4.52 Å². The van der Waals surface area contributed by atoms with Crippen molar-refractivity contribution in [1.82, 2.24) is 20.4 Å². The van der Waals surface area contributed by atoms with Crippen LogP contribution in [0, 0.1) is 0 Å². The minimum Gasteiger partial charge on any atom is -0.339 e. The standard InChI is InChI=1S/C14H24N4O/c1-10(2)18-7-3-4-12(18)8-13-16-14(17-19-13)11-5-6-15-9-11/h10-12,15H,3-9H2,1-2H3. The van der Waals surface area contributed by atoms with Crippen LogP contribution >= 0.6 is 0 Å². The Morgan fingerprint density at radius 1 is 1.42 bits per heavy atom. The van der Waals surface area contributed by atoms with E-state index < -0.39 is 0 Å². The number of rotatable bonds is 4. The third-order valence-electron chi connectivity index (χ3n) is 4.41. The van der Waals surface area contributed by atoms with Crippen LogP contribution in [-0.4, -0.2) is 46.8 Å². The highest BCUT2D eigenvalue weighted by Gasteiger charge is 2.29. The first-order valence-corrected chi connectivity index (χ1v) is 7.53. The van der Waals surface area contributed by atoms with Gasteiger partial charge in [-0.1, -0.05) is 5.16 Å². The Bertz CT molecular complexity index is 411. The Morgan fingerprint density at radius 3 is 3.05 bits per heavy atom. The Labute approximate surface area is 114 Å². The van der Waals surface area contributed by atoms with Gasteiger partial charge in [-0.2, -0.15) is 4.98 Å². The van der Waals surface area contributed by atoms with Crippen LogP contribution in [-0.2, 0) is 6.42 Å². The highest BCUT2D eigenvalue weighted by Crippen LogP contribution is 2.24. The van der Waals surface area contributed by atoms with Gasteiger partial charge < -0.3 is 9.84 Å². The maximum atomic E-state index is 5.45. The van der Waals surface area contributed by atoms with E-state index in [2.05, 4.69) is 34.2 Å². The van der Waals surface area contributed by atoms with Crippen LogP contribution in [0.3, 0.4) is 0 Å². The first-order valence-electron chi connectivity index (χ1n) is 7.53. The van der Waals surface area contributed by atoms with Crippen LogP contribution in [0.2, 0.25) is 0 Å². The van der Waals surface area contributed by atoms with Crippen molar-refractivity contribution in [2.24, 2.45) is 0 Å². The smallest absolute Gasteiger partial charge is 0.228 e. The fourth-order valence-electron chi connectivity index (χ4n) is 3.35. The van der Waals surface area contributed by atoms with E-state index in [1.165, 1.54) is 19.4 Å². The molecule has 0 bridgehead atoms. The van der Waals surface area contributed by atoms with E-state index in [-0.39, 0.29) is 0 Å². The molecule has 0 aromatic carbocycles. The Morgan fingerprint density at radius 2 is 2.32 bits per heavy atom. The Balaban J connectivity index is 1.63. The fraction of sp³-hybridized carbons (Fsp3) is 0.857. The lowest BCUT2D eigenvalue weighted by Crippen LogP contribution is -2.36. The second-order valence-electron chi connectivity index (χ2n) is 6.07. The molecule has 5 nitrogen and oxygen atoms in total. The number of hydrogen-bond donors (Lipinski definition) is 1. The summed E-state index contributed by atoms with van der Waals surface area (Å²) < 4.78 is 5.45. The maximum absolute atomic E-state index is 5.45. The molecule has 3 rings (SSSR count). The van der Waals surface area contributed by atoms with Gasteiger partial charge in [0.1, 0.15) is 0 Å². The predicted octanol–water partition coefficient (Wildman–Crippen LogP) is 1.56. The van der Waals surface area contributed by atoms with E-state index in [1.54, 1.807) is 0 Å². The van der Waals surface area contributed by atoms with Gasteiger partial charge in [-0.25, -0.2) is 0 Å². The van der Waals surface area contributed by atoms with Crippen molar-refractivity contribution in [2.75, 3.05) is 19.6 Å². The molecule has 2 aliphatic heterocycles. The number of nitrogens with zero attached hydrogens (tertiary/aromatic N) is 3. The largest absolute Gasteiger partial charge is 0.339 e. The summed E-state index contributed by atoms with van der Waals surface area (Å²) >= 11 is 0. The summed E-state index contributed by atoms with van der Waals surface area (Å²) in [7, 11) is 0. The van der Waals surface area contributed by atoms with Gasteiger partial charge >= 0.3 is 0 Å². The van der Waals surface area contributed by atoms with E-state index in [0.29, 0.717) is 18.0 Å². The van der Waals surface area contributed by atoms with Gasteiger partial charge in [0.25, 0.3) is 0 Å². The van der Waals surface area contributed by atoms with Crippen LogP contribution in [0.1, 0.15) is 50.7 Å². The van der Waals surface area contributed by atoms with Gasteiger partial charge in [0.15, 0.2) is 5.82 Å². The molecule has 106 valence electrons. The third-order valence-corrected chi connectivity index (χ3v) is 4.41. The SMILES string of the molecule is CC(C)N1CCCC1Cc1nc(C2CCNC2)no1. The summed E-state index contributed by atoms with van der Waals surface area (Å²) in [5, 5.41) is 7.51. The molecule has 2 aliphatic rings. The Kier molecular flexibility index (Phi) is 3.84. The zero-order valence-corrected chi connectivity index (χ0v) is 11.9. The summed E-state index contributed by atoms with van der Waals surface area (Å²) in [5.74, 6) is 2.16. The van der Waals surface area contributed by atoms with E-state index in [0.717, 1.165) is 37.6 Å². The average Bonchev–Trinajstić information content (AvgIpc) is 3.09. The van der Waals surface area contributed by atoms with E-state index >= 15 is 0 Å². The molecule has 2 saturated heterocycles. The van der Waals surface area contributed by atoms with Gasteiger partial charge in [0.05, 0.1) is 0 Å². The van der Waals surface area contributed by atoms with Crippen molar-refractivity contribution in [2.45, 2.75) is 57.5 Å². The van der Waals surface area contributed by atoms with Crippen molar-refractivity contribution in [3.63, 3.8) is 0 Å². The lowest BCUT2D eigenvalue weighted by atomic mass is 10.1. The Hall–Kier alpha value is -0.940. The molecular weight excluding hydrogens is 240 g/mol. The van der Waals surface area contributed by atoms with E-state index in [9.17, 15) is 0 Å². The topological polar surface area (TPSA) is 54.2 Å². The molecule has 2 unspecified atom stereocenters. The first kappa shape index (κ1) is 13.1. The predicted molar refractivity (Wildman–Crippen MR) is 73.1 cm³/mol. The molecule has 0 spiro atoms. The van der Waals surface area contributed by atoms with Crippen molar-refractivity contribution < 1.29 is 4.52 Å². The molecule has 2 fully saturated rings. The van der Waals surface area contributed by atoms with Gasteiger partial charge in [-0.3, -0.25) is 4.90 Å². The quantitative estimate of drug-likeness (QED) is 0.894. The number of hydrogen-bond acceptors (Lipinski definition) is 5. The minimum absolute atomic E-state index is 0.447. The lowest BCUT2D eigenvalue weighted by molar-refractivity contribution is 0.192. The zero-order valence-electron chi connectivity index (χ0n) is 11.9. The average molecular weight is 264 g/mol. The van der Waals surface area contributed by atoms with Crippen molar-refractivity contribution in [1.29, 1.82) is 0 Å². The summed E-state index contributed by atoms with van der Waals surface area (Å²) in [6.07, 6.45) is 4.57. The molecular formula is C14H24N4O. The van der Waals surface area contributed by atoms with Gasteiger partial charge in [0.2, 0.25) is 5.89 Å². The molecule has 19 heavy (non-hydrogen) atoms. The molecule has 3 heterocycles. The highest BCUT2D eigenvalue weighted by molar-refractivity contribution is 5.01. The normalized spacial score (nSPS) is 28.6. The van der Waals surface area contributed by atoms with Crippen LogP contribution in [0.4, 0.5) is 0 Å². The summed E-state index contributed by atoms with van der Waals surface area (Å²) in [5.41, 5.74) is 0. The van der Waals surface area contributed by atoms with Crippen LogP contribution < -0.4 is 5.32 Å². The molecule has 0 amide bonds. The molecule has 0 saturated carbocycles. The van der Waals surface area contributed by atoms with Crippen molar-refractivity contribution in [3.05, 3.63) is 11.7 Å².